The number of hydrogen-bond donors (Lipinski definition) is 4. The number of nitrogens with zero attached hydrogens (tertiary/aromatic N) is 1. The number of nitrogens with one attached hydrogen (secondary N) is 2. The lowest BCUT2D eigenvalue weighted by Gasteiger charge is -2.13. The summed E-state index contributed by atoms with van der Waals surface area (Å²) in [6, 6.07) is -1.11. The van der Waals surface area contributed by atoms with Crippen LogP contribution in [0.15, 0.2) is 12.5 Å². The van der Waals surface area contributed by atoms with E-state index in [1.807, 2.05) is 0 Å². The predicted octanol–water partition coefficient (Wildman–Crippen LogP) is -0.152. The minimum Gasteiger partial charge on any atom is -0.481 e. The average Bonchev–Trinajstić information content (AvgIpc) is 2.80. The van der Waals surface area contributed by atoms with Crippen molar-refractivity contribution in [2.24, 2.45) is 0 Å². The van der Waals surface area contributed by atoms with Crippen LogP contribution in [-0.2, 0) is 9.59 Å². The van der Waals surface area contributed by atoms with Crippen molar-refractivity contribution < 1.29 is 24.6 Å². The number of amides is 1. The number of carbonyl (C=O) groups is 3. The monoisotopic (exact) mass is 255 g/mol. The van der Waals surface area contributed by atoms with Gasteiger partial charge in [0.05, 0.1) is 12.5 Å². The molecule has 98 valence electrons. The molecule has 1 heterocycles. The van der Waals surface area contributed by atoms with Crippen LogP contribution < -0.4 is 5.32 Å². The van der Waals surface area contributed by atoms with Gasteiger partial charge >= 0.3 is 11.9 Å². The Hall–Kier alpha value is -2.38. The van der Waals surface area contributed by atoms with Crippen LogP contribution in [0.3, 0.4) is 0 Å². The van der Waals surface area contributed by atoms with E-state index < -0.39 is 23.9 Å². The molecule has 0 aromatic carbocycles. The maximum Gasteiger partial charge on any atom is 0.326 e. The van der Waals surface area contributed by atoms with E-state index >= 15 is 0 Å². The van der Waals surface area contributed by atoms with Gasteiger partial charge in [0.2, 0.25) is 0 Å². The highest BCUT2D eigenvalue weighted by atomic mass is 16.4. The van der Waals surface area contributed by atoms with Gasteiger partial charge in [-0.1, -0.05) is 0 Å². The number of hydrogen-bond acceptors (Lipinski definition) is 4. The summed E-state index contributed by atoms with van der Waals surface area (Å²) < 4.78 is 0. The smallest absolute Gasteiger partial charge is 0.326 e. The fourth-order valence-electron chi connectivity index (χ4n) is 1.33. The van der Waals surface area contributed by atoms with Crippen molar-refractivity contribution in [1.29, 1.82) is 0 Å². The number of carbonyl (C=O) groups excluding carboxylic acids is 1. The second kappa shape index (κ2) is 6.38. The Morgan fingerprint density at radius 1 is 1.39 bits per heavy atom. The largest absolute Gasteiger partial charge is 0.481 e. The van der Waals surface area contributed by atoms with Gasteiger partial charge in [0.25, 0.3) is 5.91 Å². The van der Waals surface area contributed by atoms with Gasteiger partial charge in [0.1, 0.15) is 11.7 Å². The molecule has 0 fully saturated rings. The molecule has 1 aromatic rings. The minimum absolute atomic E-state index is 0.0571. The first-order chi connectivity index (χ1) is 8.50. The van der Waals surface area contributed by atoms with Gasteiger partial charge in [-0.25, -0.2) is 9.78 Å². The van der Waals surface area contributed by atoms with Crippen LogP contribution in [0, 0.1) is 0 Å². The molecule has 8 nitrogen and oxygen atoms in total. The van der Waals surface area contributed by atoms with E-state index in [1.54, 1.807) is 0 Å². The first-order valence-corrected chi connectivity index (χ1v) is 5.24. The molecule has 0 radical (unpaired) electrons. The van der Waals surface area contributed by atoms with Gasteiger partial charge in [0, 0.05) is 6.42 Å². The van der Waals surface area contributed by atoms with Crippen molar-refractivity contribution in [3.63, 3.8) is 0 Å². The summed E-state index contributed by atoms with van der Waals surface area (Å²) >= 11 is 0. The molecule has 8 heteroatoms. The summed E-state index contributed by atoms with van der Waals surface area (Å²) in [5.41, 5.74) is 0.152. The average molecular weight is 255 g/mol. The molecule has 0 aliphatic carbocycles. The third kappa shape index (κ3) is 4.24. The number of aliphatic carboxylic acids is 2. The Kier molecular flexibility index (Phi) is 4.85. The molecule has 4 N–H and O–H groups in total. The SMILES string of the molecule is O=C(O)CCC[C@@H](NC(=O)c1cnc[nH]1)C(=O)O. The van der Waals surface area contributed by atoms with Gasteiger partial charge < -0.3 is 20.5 Å². The predicted molar refractivity (Wildman–Crippen MR) is 59.0 cm³/mol. The van der Waals surface area contributed by atoms with Gasteiger partial charge in [-0.15, -0.1) is 0 Å². The Bertz CT molecular complexity index is 429. The molecular weight excluding hydrogens is 242 g/mol. The number of carboxylic acid groups (broad SMARTS) is 2. The van der Waals surface area contributed by atoms with Crippen LogP contribution in [-0.4, -0.2) is 44.1 Å². The van der Waals surface area contributed by atoms with E-state index in [-0.39, 0.29) is 25.0 Å². The molecule has 1 aromatic heterocycles. The van der Waals surface area contributed by atoms with E-state index in [2.05, 4.69) is 15.3 Å². The topological polar surface area (TPSA) is 132 Å². The molecule has 0 aliphatic rings. The molecule has 0 aliphatic heterocycles. The van der Waals surface area contributed by atoms with E-state index in [4.69, 9.17) is 10.2 Å². The van der Waals surface area contributed by atoms with Crippen molar-refractivity contribution >= 4 is 17.8 Å². The lowest BCUT2D eigenvalue weighted by Crippen LogP contribution is -2.40. The standard InChI is InChI=1S/C10H13N3O5/c14-8(15)3-1-2-6(10(17)18)13-9(16)7-4-11-5-12-7/h4-6H,1-3H2,(H,11,12)(H,13,16)(H,14,15)(H,17,18)/t6-/m1/s1. The number of aromatic amines is 1. The lowest BCUT2D eigenvalue weighted by atomic mass is 10.1. The maximum atomic E-state index is 11.6. The highest BCUT2D eigenvalue weighted by molar-refractivity contribution is 5.94. The van der Waals surface area contributed by atoms with Crippen molar-refractivity contribution in [2.75, 3.05) is 0 Å². The number of carboxylic acids is 2. The summed E-state index contributed by atoms with van der Waals surface area (Å²) in [6.07, 6.45) is 2.67. The van der Waals surface area contributed by atoms with Gasteiger partial charge in [-0.2, -0.15) is 0 Å². The van der Waals surface area contributed by atoms with E-state index in [1.165, 1.54) is 12.5 Å². The Balaban J connectivity index is 2.50. The van der Waals surface area contributed by atoms with Gasteiger partial charge in [0.15, 0.2) is 0 Å². The Morgan fingerprint density at radius 3 is 2.61 bits per heavy atom. The van der Waals surface area contributed by atoms with Crippen molar-refractivity contribution in [3.8, 4) is 0 Å². The number of aromatic nitrogens is 2. The summed E-state index contributed by atoms with van der Waals surface area (Å²) in [4.78, 5) is 38.9. The molecule has 0 unspecified atom stereocenters. The normalized spacial score (nSPS) is 11.8. The molecule has 0 saturated carbocycles. The Labute approximate surface area is 102 Å². The number of H-pyrrole nitrogens is 1. The van der Waals surface area contributed by atoms with Crippen LogP contribution in [0.4, 0.5) is 0 Å². The van der Waals surface area contributed by atoms with Crippen LogP contribution in [0.25, 0.3) is 0 Å². The first-order valence-electron chi connectivity index (χ1n) is 5.24. The zero-order valence-corrected chi connectivity index (χ0v) is 9.42. The van der Waals surface area contributed by atoms with E-state index in [0.717, 1.165) is 0 Å². The second-order valence-electron chi connectivity index (χ2n) is 3.62. The molecular formula is C10H13N3O5. The molecule has 1 atom stereocenters. The molecule has 0 bridgehead atoms. The lowest BCUT2D eigenvalue weighted by molar-refractivity contribution is -0.140. The van der Waals surface area contributed by atoms with Crippen LogP contribution in [0.1, 0.15) is 29.8 Å². The van der Waals surface area contributed by atoms with Crippen molar-refractivity contribution in [3.05, 3.63) is 18.2 Å². The third-order valence-corrected chi connectivity index (χ3v) is 2.23. The van der Waals surface area contributed by atoms with Gasteiger partial charge in [-0.3, -0.25) is 9.59 Å². The fourth-order valence-corrected chi connectivity index (χ4v) is 1.33. The number of imidazole rings is 1. The van der Waals surface area contributed by atoms with Crippen molar-refractivity contribution in [1.82, 2.24) is 15.3 Å². The second-order valence-corrected chi connectivity index (χ2v) is 3.62. The molecule has 18 heavy (non-hydrogen) atoms. The molecule has 0 saturated heterocycles. The van der Waals surface area contributed by atoms with E-state index in [0.29, 0.717) is 0 Å². The first kappa shape index (κ1) is 13.7. The molecule has 1 amide bonds. The highest BCUT2D eigenvalue weighted by Gasteiger charge is 2.21. The number of rotatable bonds is 7. The summed E-state index contributed by atoms with van der Waals surface area (Å²) in [7, 11) is 0. The highest BCUT2D eigenvalue weighted by Crippen LogP contribution is 2.03. The quantitative estimate of drug-likeness (QED) is 0.535. The van der Waals surface area contributed by atoms with E-state index in [9.17, 15) is 14.4 Å². The van der Waals surface area contributed by atoms with Crippen LogP contribution in [0.2, 0.25) is 0 Å². The maximum absolute atomic E-state index is 11.6. The zero-order chi connectivity index (χ0) is 13.5. The summed E-state index contributed by atoms with van der Waals surface area (Å²) in [6.45, 7) is 0. The summed E-state index contributed by atoms with van der Waals surface area (Å²) in [5, 5.41) is 19.6. The zero-order valence-electron chi connectivity index (χ0n) is 9.42. The van der Waals surface area contributed by atoms with Gasteiger partial charge in [-0.05, 0) is 12.8 Å². The van der Waals surface area contributed by atoms with Crippen LogP contribution >= 0.6 is 0 Å². The molecule has 1 rings (SSSR count). The summed E-state index contributed by atoms with van der Waals surface area (Å²) in [5.74, 6) is -2.79. The minimum atomic E-state index is -1.20. The molecule has 0 spiro atoms. The fraction of sp³-hybridized carbons (Fsp3) is 0.400. The Morgan fingerprint density at radius 2 is 2.11 bits per heavy atom. The van der Waals surface area contributed by atoms with Crippen molar-refractivity contribution in [2.45, 2.75) is 25.3 Å². The van der Waals surface area contributed by atoms with Crippen LogP contribution in [0.5, 0.6) is 0 Å². The third-order valence-electron chi connectivity index (χ3n) is 2.23.